The van der Waals surface area contributed by atoms with E-state index < -0.39 is 65.0 Å². The average molecular weight is 673 g/mol. The molecule has 16 nitrogen and oxygen atoms in total. The Morgan fingerprint density at radius 3 is 2.37 bits per heavy atom. The molecular weight excluding hydrogens is 642 g/mol. The van der Waals surface area contributed by atoms with Crippen LogP contribution in [0.5, 0.6) is 0 Å². The molecule has 6 rings (SSSR count). The summed E-state index contributed by atoms with van der Waals surface area (Å²) >= 11 is 0. The number of benzene rings is 2. The molecule has 2 N–H and O–H groups in total. The number of nitrogens with one attached hydrogen (secondary N) is 2. The summed E-state index contributed by atoms with van der Waals surface area (Å²) < 4.78 is 54.9. The maximum absolute atomic E-state index is 12.7. The normalized spacial score (nSPS) is 25.1. The van der Waals surface area contributed by atoms with Crippen LogP contribution in [0.4, 0.5) is 10.6 Å². The van der Waals surface area contributed by atoms with E-state index in [1.807, 2.05) is 30.3 Å². The van der Waals surface area contributed by atoms with Gasteiger partial charge in [0.2, 0.25) is 0 Å². The zero-order valence-corrected chi connectivity index (χ0v) is 26.2. The SMILES string of the molecule is CCNC(=O)Nc1ncnc2c1ncn2[C@@H]1O[C@H](COP(=O)([O-])OP(=O)([O-])Cc2ccccc2)C2OC(Cc3ccccc3)O[C@@H]21. The van der Waals surface area contributed by atoms with E-state index in [0.29, 0.717) is 24.2 Å². The Bertz CT molecular complexity index is 1760. The molecule has 2 aromatic carbocycles. The summed E-state index contributed by atoms with van der Waals surface area (Å²) in [6.07, 6.45) is -1.83. The monoisotopic (exact) mass is 672 g/mol. The molecule has 2 aliphatic rings. The van der Waals surface area contributed by atoms with Gasteiger partial charge in [-0.15, -0.1) is 0 Å². The van der Waals surface area contributed by atoms with Crippen molar-refractivity contribution >= 4 is 38.4 Å². The summed E-state index contributed by atoms with van der Waals surface area (Å²) in [5, 5.41) is 5.25. The topological polar surface area (TPSA) is 211 Å². The zero-order chi connectivity index (χ0) is 32.3. The lowest BCUT2D eigenvalue weighted by Crippen LogP contribution is -2.32. The number of amides is 2. The van der Waals surface area contributed by atoms with Gasteiger partial charge in [-0.25, -0.2) is 19.7 Å². The maximum atomic E-state index is 12.7. The minimum Gasteiger partial charge on any atom is -0.778 e. The van der Waals surface area contributed by atoms with Crippen LogP contribution in [0.3, 0.4) is 0 Å². The van der Waals surface area contributed by atoms with Gasteiger partial charge in [0, 0.05) is 19.1 Å². The predicted octanol–water partition coefficient (Wildman–Crippen LogP) is 2.47. The lowest BCUT2D eigenvalue weighted by molar-refractivity contribution is -0.235. The summed E-state index contributed by atoms with van der Waals surface area (Å²) in [6.45, 7) is 1.55. The van der Waals surface area contributed by atoms with Crippen LogP contribution in [0.15, 0.2) is 73.3 Å². The molecule has 244 valence electrons. The third-order valence-corrected chi connectivity index (χ3v) is 10.2. The Balaban J connectivity index is 1.21. The molecule has 4 unspecified atom stereocenters. The fraction of sp³-hybridized carbons (Fsp3) is 0.357. The second kappa shape index (κ2) is 13.7. The van der Waals surface area contributed by atoms with Crippen LogP contribution < -0.4 is 20.4 Å². The summed E-state index contributed by atoms with van der Waals surface area (Å²) in [5.74, 6) is 0.164. The van der Waals surface area contributed by atoms with Crippen molar-refractivity contribution in [1.29, 1.82) is 0 Å². The first-order valence-corrected chi connectivity index (χ1v) is 17.5. The predicted molar refractivity (Wildman–Crippen MR) is 158 cm³/mol. The summed E-state index contributed by atoms with van der Waals surface area (Å²) in [4.78, 5) is 50.1. The fourth-order valence-electron chi connectivity index (χ4n) is 5.28. The first kappa shape index (κ1) is 32.4. The quantitative estimate of drug-likeness (QED) is 0.207. The summed E-state index contributed by atoms with van der Waals surface area (Å²) in [5.41, 5.74) is 1.87. The number of anilines is 1. The molecule has 2 aliphatic heterocycles. The Morgan fingerprint density at radius 2 is 1.65 bits per heavy atom. The number of carbonyl (C=O) groups excluding carboxylic acids is 1. The van der Waals surface area contributed by atoms with Crippen molar-refractivity contribution < 1.29 is 46.8 Å². The van der Waals surface area contributed by atoms with Crippen LogP contribution in [-0.4, -0.2) is 63.3 Å². The van der Waals surface area contributed by atoms with Crippen LogP contribution in [0.25, 0.3) is 11.2 Å². The lowest BCUT2D eigenvalue weighted by atomic mass is 10.1. The van der Waals surface area contributed by atoms with Crippen molar-refractivity contribution in [3.63, 3.8) is 0 Å². The highest BCUT2D eigenvalue weighted by molar-refractivity contribution is 7.62. The second-order valence-corrected chi connectivity index (χ2v) is 13.8. The second-order valence-electron chi connectivity index (χ2n) is 10.5. The van der Waals surface area contributed by atoms with Crippen LogP contribution in [-0.2, 0) is 44.8 Å². The Labute approximate surface area is 263 Å². The molecule has 4 aromatic rings. The van der Waals surface area contributed by atoms with Crippen molar-refractivity contribution in [2.45, 2.75) is 50.3 Å². The first-order valence-electron chi connectivity index (χ1n) is 14.3. The van der Waals surface area contributed by atoms with Gasteiger partial charge in [0.15, 0.2) is 29.5 Å². The highest BCUT2D eigenvalue weighted by Gasteiger charge is 2.54. The third kappa shape index (κ3) is 7.52. The van der Waals surface area contributed by atoms with Gasteiger partial charge in [-0.05, 0) is 18.1 Å². The van der Waals surface area contributed by atoms with Gasteiger partial charge in [0.25, 0.3) is 7.82 Å². The van der Waals surface area contributed by atoms with E-state index in [4.69, 9.17) is 18.7 Å². The average Bonchev–Trinajstić information content (AvgIpc) is 3.71. The number of carbonyl (C=O) groups is 1. The number of imidazole rings is 1. The maximum Gasteiger partial charge on any atom is 0.320 e. The number of nitrogens with zero attached hydrogens (tertiary/aromatic N) is 4. The van der Waals surface area contributed by atoms with Crippen LogP contribution in [0, 0.1) is 0 Å². The van der Waals surface area contributed by atoms with Gasteiger partial charge in [0.05, 0.1) is 12.9 Å². The van der Waals surface area contributed by atoms with Gasteiger partial charge in [-0.3, -0.25) is 18.8 Å². The first-order chi connectivity index (χ1) is 22.1. The zero-order valence-electron chi connectivity index (χ0n) is 24.4. The molecule has 7 atom stereocenters. The minimum absolute atomic E-state index is 0.164. The van der Waals surface area contributed by atoms with Gasteiger partial charge < -0.3 is 38.4 Å². The van der Waals surface area contributed by atoms with E-state index >= 15 is 0 Å². The number of hydrogen-bond donors (Lipinski definition) is 2. The number of hydrogen-bond acceptors (Lipinski definition) is 13. The van der Waals surface area contributed by atoms with Crippen molar-refractivity contribution in [2.24, 2.45) is 0 Å². The smallest absolute Gasteiger partial charge is 0.320 e. The number of fused-ring (bicyclic) bond motifs is 2. The van der Waals surface area contributed by atoms with Crippen molar-refractivity contribution in [3.05, 3.63) is 84.4 Å². The number of phosphoric acid groups is 1. The molecule has 0 bridgehead atoms. The summed E-state index contributed by atoms with van der Waals surface area (Å²) in [7, 11) is -10.2. The standard InChI is InChI=1S/C28H32N6O10P2/c1-2-29-28(35)33-25-22-26(31-16-30-25)34(17-32-22)27-24-23(42-21(43-24)13-18-9-5-3-6-10-18)20(41-27)14-40-46(38,39)44-45(36,37)15-19-11-7-4-8-12-19/h3-12,16-17,20-21,23-24,27H,2,13-15H2,1H3,(H,36,37)(H,38,39)(H2,29,30,31,33,35)/p-2/t20-,21?,23?,24+,27-/m1/s1. The number of aromatic nitrogens is 4. The molecule has 4 heterocycles. The Hall–Kier alpha value is -3.56. The molecule has 2 saturated heterocycles. The van der Waals surface area contributed by atoms with Gasteiger partial charge in [-0.1, -0.05) is 60.7 Å². The molecule has 18 heteroatoms. The molecule has 2 aromatic heterocycles. The van der Waals surface area contributed by atoms with Gasteiger partial charge >= 0.3 is 6.03 Å². The molecule has 0 radical (unpaired) electrons. The number of ether oxygens (including phenoxy) is 3. The number of phosphoric ester groups is 1. The van der Waals surface area contributed by atoms with Crippen LogP contribution in [0.2, 0.25) is 0 Å². The summed E-state index contributed by atoms with van der Waals surface area (Å²) in [6, 6.07) is 17.0. The third-order valence-electron chi connectivity index (χ3n) is 7.19. The molecule has 2 amide bonds. The lowest BCUT2D eigenvalue weighted by Gasteiger charge is -2.32. The highest BCUT2D eigenvalue weighted by Crippen LogP contribution is 2.57. The van der Waals surface area contributed by atoms with Crippen molar-refractivity contribution in [2.75, 3.05) is 18.5 Å². The van der Waals surface area contributed by atoms with Crippen LogP contribution >= 0.6 is 15.4 Å². The molecule has 46 heavy (non-hydrogen) atoms. The van der Waals surface area contributed by atoms with Crippen LogP contribution in [0.1, 0.15) is 24.3 Å². The van der Waals surface area contributed by atoms with Crippen molar-refractivity contribution in [3.8, 4) is 0 Å². The van der Waals surface area contributed by atoms with E-state index in [2.05, 4.69) is 29.9 Å². The van der Waals surface area contributed by atoms with Crippen molar-refractivity contribution in [1.82, 2.24) is 24.8 Å². The minimum atomic E-state index is -5.34. The molecule has 2 fully saturated rings. The van der Waals surface area contributed by atoms with E-state index in [-0.39, 0.29) is 11.3 Å². The largest absolute Gasteiger partial charge is 0.778 e. The number of rotatable bonds is 12. The Kier molecular flexibility index (Phi) is 9.62. The van der Waals surface area contributed by atoms with E-state index in [9.17, 15) is 23.7 Å². The molecule has 0 saturated carbocycles. The molecular formula is C28H30N6O10P2-2. The van der Waals surface area contributed by atoms with Gasteiger partial charge in [0.1, 0.15) is 32.2 Å². The van der Waals surface area contributed by atoms with E-state index in [1.165, 1.54) is 24.8 Å². The highest BCUT2D eigenvalue weighted by atomic mass is 31.3. The molecule has 0 spiro atoms. The van der Waals surface area contributed by atoms with E-state index in [0.717, 1.165) is 5.56 Å². The Morgan fingerprint density at radius 1 is 0.957 bits per heavy atom. The van der Waals surface area contributed by atoms with E-state index in [1.54, 1.807) is 29.7 Å². The fourth-order valence-corrected chi connectivity index (χ4v) is 7.91. The molecule has 0 aliphatic carbocycles. The number of urea groups is 1. The van der Waals surface area contributed by atoms with Gasteiger partial charge in [-0.2, -0.15) is 0 Å².